The van der Waals surface area contributed by atoms with Crippen molar-refractivity contribution in [2.75, 3.05) is 36.9 Å². The Bertz CT molecular complexity index is 347. The molecule has 1 aromatic rings. The molecule has 0 atom stereocenters. The molecule has 0 amide bonds. The molecule has 3 rings (SSSR count). The fourth-order valence-corrected chi connectivity index (χ4v) is 2.00. The quantitative estimate of drug-likeness (QED) is 0.619. The monoisotopic (exact) mass is 192 g/mol. The molecule has 2 heterocycles. The van der Waals surface area contributed by atoms with Gasteiger partial charge < -0.3 is 20.1 Å². The van der Waals surface area contributed by atoms with Crippen LogP contribution < -0.4 is 20.1 Å². The van der Waals surface area contributed by atoms with E-state index in [1.165, 1.54) is 0 Å². The number of rotatable bonds is 0. The topological polar surface area (TPSA) is 47.7 Å². The lowest BCUT2D eigenvalue weighted by atomic mass is 10.1. The van der Waals surface area contributed by atoms with Crippen molar-refractivity contribution in [1.82, 2.24) is 0 Å². The Kier molecular flexibility index (Phi) is 1.50. The van der Waals surface area contributed by atoms with Gasteiger partial charge in [0, 0.05) is 17.8 Å². The predicted octanol–water partition coefficient (Wildman–Crippen LogP) is 0.860. The predicted molar refractivity (Wildman–Crippen MR) is 54.1 cm³/mol. The summed E-state index contributed by atoms with van der Waals surface area (Å²) >= 11 is 0. The highest BCUT2D eigenvalue weighted by Crippen LogP contribution is 2.43. The molecule has 1 aromatic carbocycles. The van der Waals surface area contributed by atoms with Crippen LogP contribution in [0.5, 0.6) is 11.5 Å². The first-order chi connectivity index (χ1) is 6.84. The van der Waals surface area contributed by atoms with Gasteiger partial charge >= 0.3 is 0 Å². The van der Waals surface area contributed by atoms with Crippen LogP contribution in [0.1, 0.15) is 0 Å². The van der Waals surface area contributed by atoms with Crippen LogP contribution in [0, 0.1) is 0 Å². The van der Waals surface area contributed by atoms with Crippen molar-refractivity contribution < 1.29 is 9.47 Å². The van der Waals surface area contributed by atoms with Gasteiger partial charge in [0.2, 0.25) is 0 Å². The molecule has 0 saturated heterocycles. The summed E-state index contributed by atoms with van der Waals surface area (Å²) in [7, 11) is 0. The summed E-state index contributed by atoms with van der Waals surface area (Å²) in [6.45, 7) is 3.34. The third kappa shape index (κ3) is 0.999. The van der Waals surface area contributed by atoms with Crippen LogP contribution in [0.4, 0.5) is 11.4 Å². The molecule has 0 radical (unpaired) electrons. The van der Waals surface area contributed by atoms with Gasteiger partial charge in [-0.2, -0.15) is 0 Å². The lowest BCUT2D eigenvalue weighted by Gasteiger charge is -2.36. The highest BCUT2D eigenvalue weighted by molar-refractivity contribution is 5.74. The Labute approximate surface area is 82.2 Å². The van der Waals surface area contributed by atoms with Crippen molar-refractivity contribution in [2.24, 2.45) is 0 Å². The summed E-state index contributed by atoms with van der Waals surface area (Å²) < 4.78 is 11.1. The van der Waals surface area contributed by atoms with Gasteiger partial charge in [-0.1, -0.05) is 0 Å². The fourth-order valence-electron chi connectivity index (χ4n) is 2.00. The van der Waals surface area contributed by atoms with Crippen LogP contribution in [0.25, 0.3) is 0 Å². The maximum Gasteiger partial charge on any atom is 0.148 e. The molecular formula is C10H12N2O2. The number of hydrogen-bond donors (Lipinski definition) is 1. The number of nitrogens with zero attached hydrogens (tertiary/aromatic N) is 1. The summed E-state index contributed by atoms with van der Waals surface area (Å²) in [4.78, 5) is 2.29. The molecule has 74 valence electrons. The van der Waals surface area contributed by atoms with Crippen molar-refractivity contribution in [3.05, 3.63) is 12.1 Å². The van der Waals surface area contributed by atoms with Gasteiger partial charge in [0.05, 0.1) is 13.1 Å². The van der Waals surface area contributed by atoms with Crippen molar-refractivity contribution >= 4 is 11.4 Å². The summed E-state index contributed by atoms with van der Waals surface area (Å²) in [6, 6.07) is 3.72. The first kappa shape index (κ1) is 7.79. The number of nitrogen functional groups attached to an aromatic ring is 1. The standard InChI is InChI=1S/C10H12N2O2/c11-7-5-8-10-9(6-7)14-4-2-12(10)1-3-13-8/h5-6H,1-4,11H2. The molecule has 0 bridgehead atoms. The third-order valence-electron chi connectivity index (χ3n) is 2.62. The first-order valence-electron chi connectivity index (χ1n) is 4.79. The van der Waals surface area contributed by atoms with E-state index in [2.05, 4.69) is 4.90 Å². The van der Waals surface area contributed by atoms with Gasteiger partial charge in [-0.05, 0) is 0 Å². The zero-order valence-electron chi connectivity index (χ0n) is 7.82. The average Bonchev–Trinajstić information content (AvgIpc) is 2.18. The number of anilines is 2. The van der Waals surface area contributed by atoms with E-state index < -0.39 is 0 Å². The smallest absolute Gasteiger partial charge is 0.148 e. The van der Waals surface area contributed by atoms with Crippen LogP contribution in [0.2, 0.25) is 0 Å². The van der Waals surface area contributed by atoms with E-state index in [0.717, 1.165) is 43.5 Å². The molecule has 0 saturated carbocycles. The number of benzene rings is 1. The van der Waals surface area contributed by atoms with Crippen LogP contribution in [-0.4, -0.2) is 26.3 Å². The molecule has 0 fully saturated rings. The molecule has 0 unspecified atom stereocenters. The summed E-state index contributed by atoms with van der Waals surface area (Å²) in [6.07, 6.45) is 0. The Hall–Kier alpha value is -1.58. The van der Waals surface area contributed by atoms with Gasteiger partial charge in [-0.25, -0.2) is 0 Å². The van der Waals surface area contributed by atoms with Crippen molar-refractivity contribution in [2.45, 2.75) is 0 Å². The van der Waals surface area contributed by atoms with Gasteiger partial charge in [-0.15, -0.1) is 0 Å². The number of hydrogen-bond acceptors (Lipinski definition) is 4. The second-order valence-electron chi connectivity index (χ2n) is 3.55. The fraction of sp³-hybridized carbons (Fsp3) is 0.400. The minimum Gasteiger partial charge on any atom is -0.489 e. The largest absolute Gasteiger partial charge is 0.489 e. The summed E-state index contributed by atoms with van der Waals surface area (Å²) in [5, 5.41) is 0. The van der Waals surface area contributed by atoms with E-state index in [1.807, 2.05) is 12.1 Å². The van der Waals surface area contributed by atoms with E-state index in [0.29, 0.717) is 5.69 Å². The van der Waals surface area contributed by atoms with Crippen molar-refractivity contribution in [3.8, 4) is 11.5 Å². The maximum atomic E-state index is 5.75. The number of nitrogens with two attached hydrogens (primary N) is 1. The Morgan fingerprint density at radius 1 is 1.07 bits per heavy atom. The van der Waals surface area contributed by atoms with E-state index in [-0.39, 0.29) is 0 Å². The van der Waals surface area contributed by atoms with Crippen molar-refractivity contribution in [1.29, 1.82) is 0 Å². The summed E-state index contributed by atoms with van der Waals surface area (Å²) in [5.74, 6) is 1.71. The second kappa shape index (κ2) is 2.70. The van der Waals surface area contributed by atoms with Gasteiger partial charge in [0.1, 0.15) is 30.4 Å². The molecular weight excluding hydrogens is 180 g/mol. The highest BCUT2D eigenvalue weighted by atomic mass is 16.5. The minimum absolute atomic E-state index is 0.697. The number of ether oxygens (including phenoxy) is 2. The van der Waals surface area contributed by atoms with E-state index in [4.69, 9.17) is 15.2 Å². The zero-order chi connectivity index (χ0) is 9.54. The lowest BCUT2D eigenvalue weighted by molar-refractivity contribution is 0.263. The molecule has 14 heavy (non-hydrogen) atoms. The van der Waals surface area contributed by atoms with Crippen molar-refractivity contribution in [3.63, 3.8) is 0 Å². The SMILES string of the molecule is Nc1cc2c3c(c1)OCCN3CCO2. The van der Waals surface area contributed by atoms with Crippen LogP contribution in [0.15, 0.2) is 12.1 Å². The maximum absolute atomic E-state index is 5.75. The normalized spacial score (nSPS) is 18.1. The molecule has 0 aromatic heterocycles. The molecule has 2 aliphatic rings. The van der Waals surface area contributed by atoms with E-state index >= 15 is 0 Å². The summed E-state index contributed by atoms with van der Waals surface area (Å²) in [5.41, 5.74) is 7.51. The van der Waals surface area contributed by atoms with E-state index in [9.17, 15) is 0 Å². The minimum atomic E-state index is 0.697. The highest BCUT2D eigenvalue weighted by Gasteiger charge is 2.26. The third-order valence-corrected chi connectivity index (χ3v) is 2.62. The molecule has 2 N–H and O–H groups in total. The van der Waals surface area contributed by atoms with Gasteiger partial charge in [0.25, 0.3) is 0 Å². The van der Waals surface area contributed by atoms with Crippen LogP contribution in [-0.2, 0) is 0 Å². The Morgan fingerprint density at radius 3 is 2.21 bits per heavy atom. The Morgan fingerprint density at radius 2 is 1.64 bits per heavy atom. The molecule has 0 spiro atoms. The van der Waals surface area contributed by atoms with Crippen LogP contribution >= 0.6 is 0 Å². The molecule has 4 nitrogen and oxygen atoms in total. The van der Waals surface area contributed by atoms with Gasteiger partial charge in [-0.3, -0.25) is 0 Å². The molecule has 4 heteroatoms. The van der Waals surface area contributed by atoms with Gasteiger partial charge in [0.15, 0.2) is 0 Å². The average molecular weight is 192 g/mol. The molecule has 0 aliphatic carbocycles. The lowest BCUT2D eigenvalue weighted by Crippen LogP contribution is -2.39. The molecule has 2 aliphatic heterocycles. The Balaban J connectivity index is 2.20. The zero-order valence-corrected chi connectivity index (χ0v) is 7.82. The second-order valence-corrected chi connectivity index (χ2v) is 3.55. The first-order valence-corrected chi connectivity index (χ1v) is 4.79. The van der Waals surface area contributed by atoms with E-state index in [1.54, 1.807) is 0 Å². The van der Waals surface area contributed by atoms with Crippen LogP contribution in [0.3, 0.4) is 0 Å².